The zero-order chi connectivity index (χ0) is 21.8. The lowest BCUT2D eigenvalue weighted by Gasteiger charge is -2.31. The molecule has 1 heterocycles. The van der Waals surface area contributed by atoms with Crippen molar-refractivity contribution in [2.45, 2.75) is 30.2 Å². The molecule has 3 aromatic rings. The number of rotatable bonds is 5. The maximum Gasteiger partial charge on any atom is 0.245 e. The fourth-order valence-corrected chi connectivity index (χ4v) is 5.36. The number of hydrogen-bond donors (Lipinski definition) is 1. The first kappa shape index (κ1) is 21.0. The minimum absolute atomic E-state index is 0.135. The first-order chi connectivity index (χ1) is 15.0. The molecule has 0 saturated carbocycles. The van der Waals surface area contributed by atoms with E-state index in [-0.39, 0.29) is 10.8 Å². The van der Waals surface area contributed by atoms with E-state index >= 15 is 0 Å². The maximum absolute atomic E-state index is 13.4. The highest BCUT2D eigenvalue weighted by molar-refractivity contribution is 7.89. The highest BCUT2D eigenvalue weighted by atomic mass is 32.2. The number of likely N-dealkylation sites (tertiary alicyclic amines) is 1. The van der Waals surface area contributed by atoms with Crippen molar-refractivity contribution in [1.29, 1.82) is 5.26 Å². The number of sulfonamides is 1. The molecule has 1 N–H and O–H groups in total. The predicted molar refractivity (Wildman–Crippen MR) is 119 cm³/mol. The molecule has 1 aliphatic heterocycles. The van der Waals surface area contributed by atoms with Crippen LogP contribution in [0.3, 0.4) is 0 Å². The molecule has 0 radical (unpaired) electrons. The average molecular weight is 434 g/mol. The largest absolute Gasteiger partial charge is 0.341 e. The number of carbonyl (C=O) groups is 1. The highest BCUT2D eigenvalue weighted by Crippen LogP contribution is 2.26. The van der Waals surface area contributed by atoms with Crippen LogP contribution in [0, 0.1) is 11.3 Å². The van der Waals surface area contributed by atoms with Crippen LogP contribution < -0.4 is 4.72 Å². The molecule has 7 heteroatoms. The molecule has 1 saturated heterocycles. The zero-order valence-electron chi connectivity index (χ0n) is 17.0. The lowest BCUT2D eigenvalue weighted by Crippen LogP contribution is -2.44. The third kappa shape index (κ3) is 4.46. The summed E-state index contributed by atoms with van der Waals surface area (Å²) < 4.78 is 29.5. The number of nitriles is 1. The number of nitrogens with zero attached hydrogens (tertiary/aromatic N) is 2. The van der Waals surface area contributed by atoms with Crippen LogP contribution in [0.15, 0.2) is 71.6 Å². The van der Waals surface area contributed by atoms with E-state index in [1.165, 1.54) is 0 Å². The molecule has 0 aromatic heterocycles. The van der Waals surface area contributed by atoms with Crippen LogP contribution in [0.25, 0.3) is 10.8 Å². The molecule has 31 heavy (non-hydrogen) atoms. The molecule has 1 fully saturated rings. The number of fused-ring (bicyclic) bond motifs is 1. The summed E-state index contributed by atoms with van der Waals surface area (Å²) in [6.07, 6.45) is 2.87. The quantitative estimate of drug-likeness (QED) is 0.664. The molecule has 1 atom stereocenters. The smallest absolute Gasteiger partial charge is 0.245 e. The first-order valence-electron chi connectivity index (χ1n) is 10.3. The van der Waals surface area contributed by atoms with Crippen LogP contribution >= 0.6 is 0 Å². The second-order valence-corrected chi connectivity index (χ2v) is 9.33. The van der Waals surface area contributed by atoms with Gasteiger partial charge in [0.05, 0.1) is 16.5 Å². The molecule has 0 bridgehead atoms. The van der Waals surface area contributed by atoms with Gasteiger partial charge in [-0.15, -0.1) is 0 Å². The second-order valence-electron chi connectivity index (χ2n) is 7.65. The van der Waals surface area contributed by atoms with Gasteiger partial charge in [0.1, 0.15) is 6.04 Å². The topological polar surface area (TPSA) is 90.3 Å². The predicted octanol–water partition coefficient (Wildman–Crippen LogP) is 3.74. The van der Waals surface area contributed by atoms with Crippen LogP contribution in [0.5, 0.6) is 0 Å². The third-order valence-electron chi connectivity index (χ3n) is 5.60. The number of carbonyl (C=O) groups excluding carboxylic acids is 1. The van der Waals surface area contributed by atoms with E-state index in [0.29, 0.717) is 29.6 Å². The molecular weight excluding hydrogens is 410 g/mol. The van der Waals surface area contributed by atoms with E-state index < -0.39 is 16.1 Å². The van der Waals surface area contributed by atoms with Gasteiger partial charge >= 0.3 is 0 Å². The van der Waals surface area contributed by atoms with E-state index in [1.807, 2.05) is 24.3 Å². The number of piperidine rings is 1. The summed E-state index contributed by atoms with van der Waals surface area (Å²) in [7, 11) is -4.00. The summed E-state index contributed by atoms with van der Waals surface area (Å²) in [5.41, 5.74) is 0.961. The normalized spacial score (nSPS) is 15.4. The number of benzene rings is 3. The Labute approximate surface area is 182 Å². The third-order valence-corrected chi connectivity index (χ3v) is 7.08. The Bertz CT molecular complexity index is 1240. The van der Waals surface area contributed by atoms with Crippen molar-refractivity contribution in [3.05, 3.63) is 77.9 Å². The number of nitrogens with one attached hydrogen (secondary N) is 1. The summed E-state index contributed by atoms with van der Waals surface area (Å²) in [4.78, 5) is 15.2. The molecule has 6 nitrogen and oxygen atoms in total. The zero-order valence-corrected chi connectivity index (χ0v) is 17.8. The first-order valence-corrected chi connectivity index (χ1v) is 11.8. The van der Waals surface area contributed by atoms with E-state index in [2.05, 4.69) is 4.72 Å². The molecular formula is C24H23N3O3S. The van der Waals surface area contributed by atoms with Gasteiger partial charge in [-0.25, -0.2) is 8.42 Å². The Morgan fingerprint density at radius 3 is 2.32 bits per heavy atom. The Kier molecular flexibility index (Phi) is 6.03. The van der Waals surface area contributed by atoms with Crippen LogP contribution in [0.1, 0.15) is 36.4 Å². The Hall–Kier alpha value is -3.21. The lowest BCUT2D eigenvalue weighted by atomic mass is 10.0. The fraction of sp³-hybridized carbons (Fsp3) is 0.250. The lowest BCUT2D eigenvalue weighted by molar-refractivity contribution is -0.134. The highest BCUT2D eigenvalue weighted by Gasteiger charge is 2.32. The summed E-state index contributed by atoms with van der Waals surface area (Å²) in [5, 5.41) is 10.5. The monoisotopic (exact) mass is 433 g/mol. The molecule has 3 aromatic carbocycles. The molecule has 0 aliphatic carbocycles. The average Bonchev–Trinajstić information content (AvgIpc) is 2.82. The SMILES string of the molecule is N#Cc1ccc(C(NS(=O)(=O)c2cccc3ccccc23)C(=O)N2CCCCC2)cc1. The van der Waals surface area contributed by atoms with Crippen LogP contribution in [-0.2, 0) is 14.8 Å². The summed E-state index contributed by atoms with van der Waals surface area (Å²) in [6.45, 7) is 1.23. The fourth-order valence-electron chi connectivity index (χ4n) is 3.96. The van der Waals surface area contributed by atoms with E-state index in [1.54, 1.807) is 53.4 Å². The number of amides is 1. The van der Waals surface area contributed by atoms with Crippen molar-refractivity contribution in [3.63, 3.8) is 0 Å². The van der Waals surface area contributed by atoms with Gasteiger partial charge in [0.25, 0.3) is 0 Å². The van der Waals surface area contributed by atoms with Crippen molar-refractivity contribution in [3.8, 4) is 6.07 Å². The summed E-state index contributed by atoms with van der Waals surface area (Å²) in [6, 6.07) is 19.8. The van der Waals surface area contributed by atoms with Gasteiger partial charge in [-0.1, -0.05) is 48.5 Å². The van der Waals surface area contributed by atoms with E-state index in [4.69, 9.17) is 5.26 Å². The van der Waals surface area contributed by atoms with Gasteiger partial charge in [0, 0.05) is 18.5 Å². The standard InChI is InChI=1S/C24H23N3O3S/c25-17-18-11-13-20(14-12-18)23(24(28)27-15-4-1-5-16-27)26-31(29,30)22-10-6-8-19-7-2-3-9-21(19)22/h2-3,6-14,23,26H,1,4-5,15-16H2. The van der Waals surface area contributed by atoms with Crippen LogP contribution in [0.4, 0.5) is 0 Å². The molecule has 0 spiro atoms. The summed E-state index contributed by atoms with van der Waals surface area (Å²) in [5.74, 6) is -0.270. The second kappa shape index (κ2) is 8.88. The Balaban J connectivity index is 1.73. The van der Waals surface area contributed by atoms with Gasteiger partial charge in [-0.05, 0) is 48.4 Å². The van der Waals surface area contributed by atoms with Gasteiger partial charge in [-0.2, -0.15) is 9.98 Å². The maximum atomic E-state index is 13.4. The van der Waals surface area contributed by atoms with E-state index in [0.717, 1.165) is 24.6 Å². The molecule has 4 rings (SSSR count). The van der Waals surface area contributed by atoms with Gasteiger partial charge in [0.15, 0.2) is 0 Å². The van der Waals surface area contributed by atoms with Gasteiger partial charge in [-0.3, -0.25) is 4.79 Å². The number of hydrogen-bond acceptors (Lipinski definition) is 4. The van der Waals surface area contributed by atoms with Crippen LogP contribution in [-0.4, -0.2) is 32.3 Å². The van der Waals surface area contributed by atoms with Crippen molar-refractivity contribution in [1.82, 2.24) is 9.62 Å². The molecule has 158 valence electrons. The molecule has 1 aliphatic rings. The minimum Gasteiger partial charge on any atom is -0.341 e. The Morgan fingerprint density at radius 2 is 1.61 bits per heavy atom. The van der Waals surface area contributed by atoms with Crippen molar-refractivity contribution >= 4 is 26.7 Å². The van der Waals surface area contributed by atoms with Crippen LogP contribution in [0.2, 0.25) is 0 Å². The van der Waals surface area contributed by atoms with Gasteiger partial charge < -0.3 is 4.90 Å². The Morgan fingerprint density at radius 1 is 0.935 bits per heavy atom. The minimum atomic E-state index is -4.00. The van der Waals surface area contributed by atoms with Crippen molar-refractivity contribution in [2.24, 2.45) is 0 Å². The van der Waals surface area contributed by atoms with Crippen molar-refractivity contribution < 1.29 is 13.2 Å². The van der Waals surface area contributed by atoms with Crippen molar-refractivity contribution in [2.75, 3.05) is 13.1 Å². The summed E-state index contributed by atoms with van der Waals surface area (Å²) >= 11 is 0. The molecule has 1 amide bonds. The molecule has 1 unspecified atom stereocenters. The van der Waals surface area contributed by atoms with Gasteiger partial charge in [0.2, 0.25) is 15.9 Å². The van der Waals surface area contributed by atoms with E-state index in [9.17, 15) is 13.2 Å².